The van der Waals surface area contributed by atoms with Gasteiger partial charge in [-0.1, -0.05) is 54.5 Å². The zero-order valence-electron chi connectivity index (χ0n) is 28.5. The molecule has 0 radical (unpaired) electrons. The summed E-state index contributed by atoms with van der Waals surface area (Å²) < 4.78 is 15.3. The topological polar surface area (TPSA) is 144 Å². The fraction of sp³-hybridized carbons (Fsp3) is 0.250. The Morgan fingerprint density at radius 3 is 2.62 bits per heavy atom. The average molecular weight is 824 g/mol. The lowest BCUT2D eigenvalue weighted by Gasteiger charge is -2.26. The summed E-state index contributed by atoms with van der Waals surface area (Å²) in [6, 6.07) is 16.3. The lowest BCUT2D eigenvalue weighted by molar-refractivity contribution is -0.384. The number of methoxy groups -OCH3 is 1. The van der Waals surface area contributed by atoms with Crippen LogP contribution in [0.1, 0.15) is 50.8 Å². The maximum Gasteiger partial charge on any atom is 0.338 e. The van der Waals surface area contributed by atoms with E-state index in [1.54, 1.807) is 50.4 Å². The molecule has 1 aliphatic heterocycles. The van der Waals surface area contributed by atoms with Crippen molar-refractivity contribution in [3.63, 3.8) is 0 Å². The van der Waals surface area contributed by atoms with Crippen molar-refractivity contribution in [1.29, 1.82) is 0 Å². The van der Waals surface area contributed by atoms with E-state index < -0.39 is 22.5 Å². The van der Waals surface area contributed by atoms with Crippen molar-refractivity contribution >= 4 is 68.4 Å². The van der Waals surface area contributed by atoms with Crippen LogP contribution in [0.25, 0.3) is 17.5 Å². The third kappa shape index (κ3) is 7.35. The summed E-state index contributed by atoms with van der Waals surface area (Å²) in [4.78, 5) is 45.3. The quantitative estimate of drug-likeness (QED) is 0.0718. The molecular formula is C36H32BrClN6O6S2. The highest BCUT2D eigenvalue weighted by molar-refractivity contribution is 9.10. The summed E-state index contributed by atoms with van der Waals surface area (Å²) in [5, 5.41) is 21.9. The Hall–Kier alpha value is -4.57. The van der Waals surface area contributed by atoms with E-state index in [0.717, 1.165) is 16.9 Å². The number of nitro benzene ring substituents is 1. The second-order valence-corrected chi connectivity index (χ2v) is 14.8. The number of nitro groups is 1. The van der Waals surface area contributed by atoms with Gasteiger partial charge in [-0.3, -0.25) is 19.5 Å². The Labute approximate surface area is 319 Å². The summed E-state index contributed by atoms with van der Waals surface area (Å²) >= 11 is 12.2. The van der Waals surface area contributed by atoms with Gasteiger partial charge in [0.2, 0.25) is 0 Å². The van der Waals surface area contributed by atoms with Crippen LogP contribution in [-0.4, -0.2) is 43.9 Å². The number of carbonyl (C=O) groups is 1. The summed E-state index contributed by atoms with van der Waals surface area (Å²) in [6.45, 7) is 6.36. The van der Waals surface area contributed by atoms with Crippen LogP contribution >= 0.6 is 50.6 Å². The zero-order chi connectivity index (χ0) is 37.1. The second kappa shape index (κ2) is 16.0. The number of carbonyl (C=O) groups excluding carboxylic acids is 1. The molecule has 0 amide bonds. The number of benzene rings is 3. The molecule has 0 fully saturated rings. The van der Waals surface area contributed by atoms with E-state index in [1.807, 2.05) is 36.6 Å². The number of non-ortho nitro benzene ring substituents is 1. The van der Waals surface area contributed by atoms with Gasteiger partial charge in [-0.2, -0.15) is 0 Å². The van der Waals surface area contributed by atoms with Gasteiger partial charge in [0.25, 0.3) is 11.2 Å². The van der Waals surface area contributed by atoms with Crippen molar-refractivity contribution in [1.82, 2.24) is 19.3 Å². The number of hydrogen-bond donors (Lipinski definition) is 0. The minimum atomic E-state index is -0.854. The van der Waals surface area contributed by atoms with Gasteiger partial charge in [0.1, 0.15) is 5.75 Å². The first-order valence-corrected chi connectivity index (χ1v) is 19.1. The first-order chi connectivity index (χ1) is 25.1. The molecule has 52 heavy (non-hydrogen) atoms. The number of nitrogens with zero attached hydrogens (tertiary/aromatic N) is 6. The Morgan fingerprint density at radius 1 is 1.13 bits per heavy atom. The van der Waals surface area contributed by atoms with Gasteiger partial charge in [0.05, 0.1) is 45.0 Å². The van der Waals surface area contributed by atoms with Gasteiger partial charge < -0.3 is 14.0 Å². The third-order valence-electron chi connectivity index (χ3n) is 8.19. The lowest BCUT2D eigenvalue weighted by Crippen LogP contribution is -2.40. The van der Waals surface area contributed by atoms with E-state index in [2.05, 4.69) is 26.1 Å². The predicted octanol–water partition coefficient (Wildman–Crippen LogP) is 7.34. The maximum absolute atomic E-state index is 14.5. The fourth-order valence-corrected chi connectivity index (χ4v) is 8.61. The van der Waals surface area contributed by atoms with E-state index in [0.29, 0.717) is 72.1 Å². The SMILES string of the molecule is CCCC1=C(C(=O)OCC)[C@H](c2ccc(OC)c(Br)c2)n2c(s/c(=C/c3cc([N+](=O)[O-])ccc3Sc3nnc(-c4cccc(Cl)c4)n3CC)c2=O)=N1. The minimum Gasteiger partial charge on any atom is -0.496 e. The molecule has 3 heterocycles. The summed E-state index contributed by atoms with van der Waals surface area (Å²) in [5.74, 6) is 0.645. The first kappa shape index (κ1) is 37.2. The Kier molecular flexibility index (Phi) is 11.4. The molecule has 0 bridgehead atoms. The van der Waals surface area contributed by atoms with Crippen LogP contribution in [0.4, 0.5) is 5.69 Å². The highest BCUT2D eigenvalue weighted by atomic mass is 79.9. The van der Waals surface area contributed by atoms with Crippen LogP contribution in [0.3, 0.4) is 0 Å². The van der Waals surface area contributed by atoms with Crippen molar-refractivity contribution in [3.05, 3.63) is 122 Å². The first-order valence-electron chi connectivity index (χ1n) is 16.3. The van der Waals surface area contributed by atoms with Crippen LogP contribution in [0.15, 0.2) is 96.2 Å². The molecule has 1 aliphatic rings. The average Bonchev–Trinajstić information content (AvgIpc) is 3.67. The van der Waals surface area contributed by atoms with Crippen LogP contribution in [0, 0.1) is 10.1 Å². The molecule has 1 atom stereocenters. The molecule has 5 aromatic rings. The molecule has 0 unspecified atom stereocenters. The number of aromatic nitrogens is 4. The number of allylic oxidation sites excluding steroid dienone is 1. The number of halogens is 2. The van der Waals surface area contributed by atoms with Crippen LogP contribution in [0.5, 0.6) is 5.75 Å². The van der Waals surface area contributed by atoms with Crippen molar-refractivity contribution in [2.75, 3.05) is 13.7 Å². The van der Waals surface area contributed by atoms with E-state index in [1.165, 1.54) is 28.5 Å². The molecule has 0 saturated carbocycles. The normalized spacial score (nSPS) is 14.3. The van der Waals surface area contributed by atoms with Gasteiger partial charge in [-0.25, -0.2) is 9.79 Å². The molecule has 0 saturated heterocycles. The number of thiazole rings is 1. The Bertz CT molecular complexity index is 2420. The standard InChI is InChI=1S/C36H32BrClN6O6S2/c1-5-9-26-30(34(46)50-7-3)31(20-12-14-27(49-4)25(37)18-20)43-33(45)29(52-35(43)39-26)19-22-17-24(44(47)48)13-15-28(22)51-36-41-40-32(42(36)6-2)21-10-8-11-23(38)16-21/h8,10-19,31H,5-7,9H2,1-4H3/b29-19+/t31-/m0/s1. The maximum atomic E-state index is 14.5. The van der Waals surface area contributed by atoms with Crippen LogP contribution < -0.4 is 19.6 Å². The van der Waals surface area contributed by atoms with E-state index >= 15 is 0 Å². The molecule has 0 spiro atoms. The van der Waals surface area contributed by atoms with Gasteiger partial charge in [-0.15, -0.1) is 10.2 Å². The molecule has 2 aromatic heterocycles. The van der Waals surface area contributed by atoms with Crippen molar-refractivity contribution in [2.24, 2.45) is 4.99 Å². The van der Waals surface area contributed by atoms with E-state index in [9.17, 15) is 19.7 Å². The fourth-order valence-electron chi connectivity index (χ4n) is 5.87. The van der Waals surface area contributed by atoms with E-state index in [-0.39, 0.29) is 22.4 Å². The number of ether oxygens (including phenoxy) is 2. The molecule has 3 aromatic carbocycles. The smallest absolute Gasteiger partial charge is 0.338 e. The van der Waals surface area contributed by atoms with Gasteiger partial charge in [-0.05, 0) is 95.5 Å². The Balaban J connectivity index is 1.53. The molecule has 0 aliphatic carbocycles. The molecular weight excluding hydrogens is 792 g/mol. The molecule has 6 rings (SSSR count). The Morgan fingerprint density at radius 2 is 1.94 bits per heavy atom. The monoisotopic (exact) mass is 822 g/mol. The molecule has 12 nitrogen and oxygen atoms in total. The summed E-state index contributed by atoms with van der Waals surface area (Å²) in [5.41, 5.74) is 2.12. The van der Waals surface area contributed by atoms with Crippen molar-refractivity contribution in [3.8, 4) is 17.1 Å². The number of fused-ring (bicyclic) bond motifs is 1. The third-order valence-corrected chi connectivity index (χ3v) is 11.1. The highest BCUT2D eigenvalue weighted by Crippen LogP contribution is 2.37. The highest BCUT2D eigenvalue weighted by Gasteiger charge is 2.35. The lowest BCUT2D eigenvalue weighted by atomic mass is 9.94. The van der Waals surface area contributed by atoms with Gasteiger partial charge in [0, 0.05) is 34.2 Å². The largest absolute Gasteiger partial charge is 0.496 e. The summed E-state index contributed by atoms with van der Waals surface area (Å²) in [7, 11) is 1.55. The predicted molar refractivity (Wildman–Crippen MR) is 204 cm³/mol. The van der Waals surface area contributed by atoms with Crippen molar-refractivity contribution < 1.29 is 19.2 Å². The van der Waals surface area contributed by atoms with Gasteiger partial charge >= 0.3 is 5.97 Å². The van der Waals surface area contributed by atoms with Crippen LogP contribution in [0.2, 0.25) is 5.02 Å². The molecule has 268 valence electrons. The van der Waals surface area contributed by atoms with Crippen molar-refractivity contribution in [2.45, 2.75) is 56.3 Å². The second-order valence-electron chi connectivity index (χ2n) is 11.4. The molecule has 16 heteroatoms. The van der Waals surface area contributed by atoms with Crippen LogP contribution in [-0.2, 0) is 16.1 Å². The summed E-state index contributed by atoms with van der Waals surface area (Å²) in [6.07, 6.45) is 2.80. The molecule has 0 N–H and O–H groups in total. The number of hydrogen-bond acceptors (Lipinski definition) is 11. The van der Waals surface area contributed by atoms with Gasteiger partial charge in [0.15, 0.2) is 15.8 Å². The van der Waals surface area contributed by atoms with E-state index in [4.69, 9.17) is 26.1 Å². The zero-order valence-corrected chi connectivity index (χ0v) is 32.4. The number of rotatable bonds is 12. The number of esters is 1. The minimum absolute atomic E-state index is 0.143.